The lowest BCUT2D eigenvalue weighted by atomic mass is 10.2. The molecule has 0 saturated carbocycles. The van der Waals surface area contributed by atoms with Crippen molar-refractivity contribution in [1.29, 1.82) is 0 Å². The van der Waals surface area contributed by atoms with Crippen molar-refractivity contribution in [3.05, 3.63) is 29.6 Å². The Morgan fingerprint density at radius 2 is 2.33 bits per heavy atom. The molecule has 4 heteroatoms. The van der Waals surface area contributed by atoms with Crippen LogP contribution in [0.15, 0.2) is 23.2 Å². The molecule has 0 aliphatic rings. The van der Waals surface area contributed by atoms with E-state index in [9.17, 15) is 9.18 Å². The zero-order chi connectivity index (χ0) is 8.97. The molecule has 0 bridgehead atoms. The summed E-state index contributed by atoms with van der Waals surface area (Å²) in [4.78, 5) is 13.2. The topological polar surface area (TPSA) is 55.4 Å². The molecular weight excluding hydrogens is 159 g/mol. The van der Waals surface area contributed by atoms with E-state index in [2.05, 4.69) is 4.99 Å². The molecule has 0 amide bonds. The molecule has 0 fully saturated rings. The Morgan fingerprint density at radius 3 is 2.92 bits per heavy atom. The van der Waals surface area contributed by atoms with Gasteiger partial charge in [-0.15, -0.1) is 0 Å². The molecule has 1 rings (SSSR count). The zero-order valence-corrected chi connectivity index (χ0v) is 6.25. The Hall–Kier alpha value is -1.51. The fourth-order valence-corrected chi connectivity index (χ4v) is 0.863. The minimum atomic E-state index is -0.443. The molecule has 3 nitrogen and oxygen atoms in total. The first-order valence-corrected chi connectivity index (χ1v) is 3.34. The summed E-state index contributed by atoms with van der Waals surface area (Å²) >= 11 is 0. The van der Waals surface area contributed by atoms with Crippen LogP contribution in [0, 0.1) is 5.82 Å². The highest BCUT2D eigenvalue weighted by Gasteiger charge is 2.00. The average molecular weight is 166 g/mol. The van der Waals surface area contributed by atoms with Crippen LogP contribution in [0.5, 0.6) is 0 Å². The van der Waals surface area contributed by atoms with Crippen molar-refractivity contribution in [2.24, 2.45) is 10.7 Å². The summed E-state index contributed by atoms with van der Waals surface area (Å²) in [7, 11) is 0. The van der Waals surface area contributed by atoms with Gasteiger partial charge < -0.3 is 5.73 Å². The fraction of sp³-hybridized carbons (Fsp3) is 0.125. The summed E-state index contributed by atoms with van der Waals surface area (Å²) in [5.41, 5.74) is 6.19. The third-order valence-electron chi connectivity index (χ3n) is 1.43. The lowest BCUT2D eigenvalue weighted by Crippen LogP contribution is -1.96. The highest BCUT2D eigenvalue weighted by molar-refractivity contribution is 5.53. The van der Waals surface area contributed by atoms with E-state index in [0.717, 1.165) is 6.07 Å². The molecule has 0 saturated heterocycles. The third kappa shape index (κ3) is 1.75. The number of isocyanates is 1. The van der Waals surface area contributed by atoms with Gasteiger partial charge in [-0.2, -0.15) is 4.99 Å². The van der Waals surface area contributed by atoms with E-state index in [1.807, 2.05) is 0 Å². The molecule has 0 unspecified atom stereocenters. The van der Waals surface area contributed by atoms with E-state index in [1.54, 1.807) is 0 Å². The monoisotopic (exact) mass is 166 g/mol. The van der Waals surface area contributed by atoms with E-state index in [4.69, 9.17) is 5.73 Å². The van der Waals surface area contributed by atoms with Gasteiger partial charge in [0.2, 0.25) is 6.08 Å². The highest BCUT2D eigenvalue weighted by Crippen LogP contribution is 2.18. The summed E-state index contributed by atoms with van der Waals surface area (Å²) in [5.74, 6) is -0.443. The lowest BCUT2D eigenvalue weighted by Gasteiger charge is -1.99. The smallest absolute Gasteiger partial charge is 0.240 e. The quantitative estimate of drug-likeness (QED) is 0.531. The number of benzene rings is 1. The van der Waals surface area contributed by atoms with Gasteiger partial charge >= 0.3 is 0 Å². The van der Waals surface area contributed by atoms with Gasteiger partial charge in [0.25, 0.3) is 0 Å². The Bertz CT molecular complexity index is 332. The molecular formula is C8H7FN2O. The molecule has 1 aromatic rings. The SMILES string of the molecule is NCc1ccc(F)cc1N=C=O. The van der Waals surface area contributed by atoms with Crippen LogP contribution in [0.2, 0.25) is 0 Å². The van der Waals surface area contributed by atoms with Crippen LogP contribution in [-0.2, 0) is 11.3 Å². The fourth-order valence-electron chi connectivity index (χ4n) is 0.863. The van der Waals surface area contributed by atoms with Gasteiger partial charge in [-0.3, -0.25) is 0 Å². The van der Waals surface area contributed by atoms with Crippen molar-refractivity contribution in [2.45, 2.75) is 6.54 Å². The Kier molecular flexibility index (Phi) is 2.69. The number of hydrogen-bond acceptors (Lipinski definition) is 3. The second-order valence-corrected chi connectivity index (χ2v) is 2.18. The summed E-state index contributed by atoms with van der Waals surface area (Å²) in [5, 5.41) is 0. The second kappa shape index (κ2) is 3.76. The standard InChI is InChI=1S/C8H7FN2O/c9-7-2-1-6(4-10)8(3-7)11-5-12/h1-3H,4,10H2. The molecule has 0 aliphatic carbocycles. The summed E-state index contributed by atoms with van der Waals surface area (Å²) in [6.45, 7) is 0.223. The van der Waals surface area contributed by atoms with Crippen molar-refractivity contribution in [3.8, 4) is 0 Å². The van der Waals surface area contributed by atoms with Crippen LogP contribution in [0.1, 0.15) is 5.56 Å². The van der Waals surface area contributed by atoms with E-state index < -0.39 is 5.82 Å². The van der Waals surface area contributed by atoms with Gasteiger partial charge in [0.15, 0.2) is 0 Å². The van der Waals surface area contributed by atoms with Crippen LogP contribution in [0.4, 0.5) is 10.1 Å². The van der Waals surface area contributed by atoms with Crippen LogP contribution in [-0.4, -0.2) is 6.08 Å². The van der Waals surface area contributed by atoms with E-state index in [-0.39, 0.29) is 12.2 Å². The molecule has 0 atom stereocenters. The van der Waals surface area contributed by atoms with Crippen LogP contribution in [0.3, 0.4) is 0 Å². The molecule has 0 aromatic heterocycles. The van der Waals surface area contributed by atoms with Crippen LogP contribution < -0.4 is 5.73 Å². The zero-order valence-electron chi connectivity index (χ0n) is 6.25. The normalized spacial score (nSPS) is 9.17. The number of carbonyl (C=O) groups excluding carboxylic acids is 1. The first-order valence-electron chi connectivity index (χ1n) is 3.34. The second-order valence-electron chi connectivity index (χ2n) is 2.18. The number of hydrogen-bond donors (Lipinski definition) is 1. The summed E-state index contributed by atoms with van der Waals surface area (Å²) < 4.78 is 12.6. The molecule has 0 aliphatic heterocycles. The van der Waals surface area contributed by atoms with Crippen molar-refractivity contribution < 1.29 is 9.18 Å². The van der Waals surface area contributed by atoms with Crippen molar-refractivity contribution in [1.82, 2.24) is 0 Å². The first kappa shape index (κ1) is 8.59. The Morgan fingerprint density at radius 1 is 1.58 bits per heavy atom. The number of aliphatic imine (C=N–C) groups is 1. The maximum absolute atomic E-state index is 12.6. The van der Waals surface area contributed by atoms with Gasteiger partial charge in [0, 0.05) is 12.6 Å². The molecule has 0 heterocycles. The molecule has 0 radical (unpaired) electrons. The van der Waals surface area contributed by atoms with Gasteiger partial charge in [-0.05, 0) is 11.6 Å². The first-order chi connectivity index (χ1) is 5.77. The highest BCUT2D eigenvalue weighted by atomic mass is 19.1. The number of nitrogens with two attached hydrogens (primary N) is 1. The summed E-state index contributed by atoms with van der Waals surface area (Å²) in [6, 6.07) is 3.91. The Balaban J connectivity index is 3.20. The minimum absolute atomic E-state index is 0.223. The predicted molar refractivity (Wildman–Crippen MR) is 42.1 cm³/mol. The third-order valence-corrected chi connectivity index (χ3v) is 1.43. The maximum Gasteiger partial charge on any atom is 0.240 e. The van der Waals surface area contributed by atoms with Gasteiger partial charge in [-0.25, -0.2) is 9.18 Å². The van der Waals surface area contributed by atoms with E-state index in [1.165, 1.54) is 18.2 Å². The largest absolute Gasteiger partial charge is 0.326 e. The van der Waals surface area contributed by atoms with Crippen molar-refractivity contribution >= 4 is 11.8 Å². The molecule has 0 spiro atoms. The number of halogens is 1. The lowest BCUT2D eigenvalue weighted by molar-refractivity contribution is 0.565. The number of nitrogens with zero attached hydrogens (tertiary/aromatic N) is 1. The van der Waals surface area contributed by atoms with E-state index >= 15 is 0 Å². The van der Waals surface area contributed by atoms with Crippen LogP contribution in [0.25, 0.3) is 0 Å². The van der Waals surface area contributed by atoms with Gasteiger partial charge in [-0.1, -0.05) is 6.07 Å². The van der Waals surface area contributed by atoms with Gasteiger partial charge in [0.05, 0.1) is 5.69 Å². The molecule has 62 valence electrons. The molecule has 2 N–H and O–H groups in total. The van der Waals surface area contributed by atoms with Crippen LogP contribution >= 0.6 is 0 Å². The van der Waals surface area contributed by atoms with E-state index in [0.29, 0.717) is 5.56 Å². The van der Waals surface area contributed by atoms with Crippen molar-refractivity contribution in [2.75, 3.05) is 0 Å². The Labute approximate surface area is 68.7 Å². The summed E-state index contributed by atoms with van der Waals surface area (Å²) in [6.07, 6.45) is 1.34. The van der Waals surface area contributed by atoms with Crippen molar-refractivity contribution in [3.63, 3.8) is 0 Å². The van der Waals surface area contributed by atoms with Gasteiger partial charge in [0.1, 0.15) is 5.82 Å². The number of rotatable bonds is 2. The predicted octanol–water partition coefficient (Wildman–Crippen LogP) is 1.25. The molecule has 1 aromatic carbocycles. The molecule has 12 heavy (non-hydrogen) atoms. The minimum Gasteiger partial charge on any atom is -0.326 e. The average Bonchev–Trinajstić information content (AvgIpc) is 2.05. The maximum atomic E-state index is 12.6.